The van der Waals surface area contributed by atoms with Crippen LogP contribution in [0.4, 0.5) is 5.69 Å². The Balaban J connectivity index is 1.55. The van der Waals surface area contributed by atoms with Gasteiger partial charge in [-0.3, -0.25) is 10.1 Å². The molecule has 3 aromatic carbocycles. The number of thiocarbonyl (C=S) groups is 1. The molecular formula is C25H26N2O3S. The highest BCUT2D eigenvalue weighted by Crippen LogP contribution is 2.20. The number of ether oxygens (including phenoxy) is 2. The van der Waals surface area contributed by atoms with Crippen LogP contribution in [0.1, 0.15) is 29.8 Å². The molecule has 0 aliphatic rings. The Bertz CT molecular complexity index is 1020. The van der Waals surface area contributed by atoms with E-state index in [1.54, 1.807) is 18.2 Å². The Labute approximate surface area is 188 Å². The molecule has 0 aliphatic heterocycles. The first-order chi connectivity index (χ1) is 15.0. The van der Waals surface area contributed by atoms with Crippen molar-refractivity contribution in [3.05, 3.63) is 90.0 Å². The summed E-state index contributed by atoms with van der Waals surface area (Å²) < 4.78 is 11.6. The molecule has 0 spiro atoms. The summed E-state index contributed by atoms with van der Waals surface area (Å²) in [5.74, 6) is 0.918. The molecule has 0 aliphatic carbocycles. The molecule has 31 heavy (non-hydrogen) atoms. The van der Waals surface area contributed by atoms with Crippen molar-refractivity contribution in [2.45, 2.75) is 26.4 Å². The zero-order valence-corrected chi connectivity index (χ0v) is 18.4. The van der Waals surface area contributed by atoms with E-state index < -0.39 is 0 Å². The van der Waals surface area contributed by atoms with Crippen molar-refractivity contribution in [1.82, 2.24) is 5.32 Å². The summed E-state index contributed by atoms with van der Waals surface area (Å²) in [5.41, 5.74) is 2.38. The van der Waals surface area contributed by atoms with Gasteiger partial charge in [0.1, 0.15) is 11.5 Å². The molecule has 2 N–H and O–H groups in total. The van der Waals surface area contributed by atoms with Crippen LogP contribution in [0.15, 0.2) is 78.9 Å². The van der Waals surface area contributed by atoms with E-state index in [1.165, 1.54) is 5.56 Å². The van der Waals surface area contributed by atoms with Crippen molar-refractivity contribution in [1.29, 1.82) is 0 Å². The zero-order valence-electron chi connectivity index (χ0n) is 17.6. The topological polar surface area (TPSA) is 59.6 Å². The average Bonchev–Trinajstić information content (AvgIpc) is 2.74. The third-order valence-corrected chi connectivity index (χ3v) is 4.52. The van der Waals surface area contributed by atoms with Crippen molar-refractivity contribution < 1.29 is 14.3 Å². The molecule has 3 rings (SSSR count). The molecule has 6 heteroatoms. The quantitative estimate of drug-likeness (QED) is 0.476. The van der Waals surface area contributed by atoms with Gasteiger partial charge in [-0.2, -0.15) is 0 Å². The monoisotopic (exact) mass is 434 g/mol. The number of rotatable bonds is 8. The van der Waals surface area contributed by atoms with Gasteiger partial charge in [-0.15, -0.1) is 0 Å². The number of hydrogen-bond donors (Lipinski definition) is 2. The van der Waals surface area contributed by atoms with Crippen molar-refractivity contribution >= 4 is 28.9 Å². The molecule has 0 radical (unpaired) electrons. The lowest BCUT2D eigenvalue weighted by Gasteiger charge is -2.15. The highest BCUT2D eigenvalue weighted by Gasteiger charge is 2.14. The number of carbonyl (C=O) groups excluding carboxylic acids is 1. The zero-order chi connectivity index (χ0) is 22.1. The molecule has 0 atom stereocenters. The van der Waals surface area contributed by atoms with Crippen LogP contribution in [0.5, 0.6) is 11.5 Å². The number of anilines is 1. The first-order valence-electron chi connectivity index (χ1n) is 10.2. The summed E-state index contributed by atoms with van der Waals surface area (Å²) in [7, 11) is 0. The molecule has 5 nitrogen and oxygen atoms in total. The number of carbonyl (C=O) groups is 1. The number of para-hydroxylation sites is 1. The number of hydrogen-bond acceptors (Lipinski definition) is 4. The highest BCUT2D eigenvalue weighted by atomic mass is 32.1. The molecule has 0 fully saturated rings. The van der Waals surface area contributed by atoms with E-state index in [4.69, 9.17) is 21.7 Å². The molecule has 3 aromatic rings. The maximum Gasteiger partial charge on any atom is 0.261 e. The summed E-state index contributed by atoms with van der Waals surface area (Å²) in [6, 6.07) is 24.7. The van der Waals surface area contributed by atoms with Crippen LogP contribution in [0.25, 0.3) is 0 Å². The van der Waals surface area contributed by atoms with Gasteiger partial charge in [0.15, 0.2) is 5.11 Å². The first-order valence-corrected chi connectivity index (χ1v) is 10.6. The molecule has 0 saturated heterocycles. The van der Waals surface area contributed by atoms with Gasteiger partial charge < -0.3 is 14.8 Å². The van der Waals surface area contributed by atoms with Crippen LogP contribution in [0.2, 0.25) is 0 Å². The Morgan fingerprint density at radius 1 is 0.968 bits per heavy atom. The van der Waals surface area contributed by atoms with E-state index in [0.29, 0.717) is 17.9 Å². The number of amides is 1. The van der Waals surface area contributed by atoms with Gasteiger partial charge in [0, 0.05) is 18.2 Å². The predicted molar refractivity (Wildman–Crippen MR) is 128 cm³/mol. The summed E-state index contributed by atoms with van der Waals surface area (Å²) in [6.45, 7) is 4.40. The summed E-state index contributed by atoms with van der Waals surface area (Å²) in [4.78, 5) is 12.6. The minimum Gasteiger partial charge on any atom is -0.493 e. The fourth-order valence-electron chi connectivity index (χ4n) is 2.94. The smallest absolute Gasteiger partial charge is 0.261 e. The Morgan fingerprint density at radius 3 is 2.48 bits per heavy atom. The minimum absolute atomic E-state index is 0.0383. The van der Waals surface area contributed by atoms with Gasteiger partial charge in [-0.25, -0.2) is 0 Å². The normalized spacial score (nSPS) is 10.4. The van der Waals surface area contributed by atoms with Crippen LogP contribution in [0.3, 0.4) is 0 Å². The predicted octanol–water partition coefficient (Wildman–Crippen LogP) is 5.22. The van der Waals surface area contributed by atoms with E-state index in [9.17, 15) is 4.79 Å². The second-order valence-electron chi connectivity index (χ2n) is 7.18. The van der Waals surface area contributed by atoms with E-state index >= 15 is 0 Å². The second kappa shape index (κ2) is 11.1. The molecular weight excluding hydrogens is 408 g/mol. The van der Waals surface area contributed by atoms with Gasteiger partial charge in [-0.05, 0) is 55.9 Å². The third-order valence-electron chi connectivity index (χ3n) is 4.32. The maximum absolute atomic E-state index is 12.6. The maximum atomic E-state index is 12.6. The van der Waals surface area contributed by atoms with E-state index in [-0.39, 0.29) is 17.1 Å². The van der Waals surface area contributed by atoms with Crippen molar-refractivity contribution in [3.63, 3.8) is 0 Å². The van der Waals surface area contributed by atoms with Gasteiger partial charge in [0.2, 0.25) is 0 Å². The molecule has 160 valence electrons. The third kappa shape index (κ3) is 7.12. The highest BCUT2D eigenvalue weighted by molar-refractivity contribution is 7.80. The molecule has 0 saturated carbocycles. The summed E-state index contributed by atoms with van der Waals surface area (Å²) in [6.07, 6.45) is 0.786. The minimum atomic E-state index is -0.330. The molecule has 0 aromatic heterocycles. The van der Waals surface area contributed by atoms with Crippen LogP contribution in [-0.4, -0.2) is 23.7 Å². The number of nitrogens with one attached hydrogen (secondary N) is 2. The van der Waals surface area contributed by atoms with Gasteiger partial charge in [0.05, 0.1) is 18.3 Å². The Kier molecular flexibility index (Phi) is 8.01. The van der Waals surface area contributed by atoms with Gasteiger partial charge in [0.25, 0.3) is 5.91 Å². The SMILES string of the molecule is CC(C)Oc1ccccc1C(=O)NC(=S)Nc1cccc(OCCc2ccccc2)c1. The Morgan fingerprint density at radius 2 is 1.71 bits per heavy atom. The van der Waals surface area contributed by atoms with E-state index in [0.717, 1.165) is 17.9 Å². The Hall–Kier alpha value is -3.38. The van der Waals surface area contributed by atoms with Crippen LogP contribution < -0.4 is 20.1 Å². The van der Waals surface area contributed by atoms with Crippen molar-refractivity contribution in [3.8, 4) is 11.5 Å². The molecule has 0 heterocycles. The molecule has 0 unspecified atom stereocenters. The van der Waals surface area contributed by atoms with E-state index in [2.05, 4.69) is 22.8 Å². The molecule has 0 bridgehead atoms. The van der Waals surface area contributed by atoms with E-state index in [1.807, 2.05) is 62.4 Å². The summed E-state index contributed by atoms with van der Waals surface area (Å²) in [5, 5.41) is 5.93. The van der Waals surface area contributed by atoms with Gasteiger partial charge in [-0.1, -0.05) is 48.5 Å². The summed E-state index contributed by atoms with van der Waals surface area (Å²) >= 11 is 5.31. The lowest BCUT2D eigenvalue weighted by atomic mass is 10.2. The second-order valence-corrected chi connectivity index (χ2v) is 7.59. The largest absolute Gasteiger partial charge is 0.493 e. The molecule has 1 amide bonds. The van der Waals surface area contributed by atoms with Crippen molar-refractivity contribution in [2.75, 3.05) is 11.9 Å². The average molecular weight is 435 g/mol. The van der Waals surface area contributed by atoms with Crippen LogP contribution >= 0.6 is 12.2 Å². The van der Waals surface area contributed by atoms with Crippen molar-refractivity contribution in [2.24, 2.45) is 0 Å². The standard InChI is InChI=1S/C25H26N2O3S/c1-18(2)30-23-14-7-6-13-22(23)24(28)27-25(31)26-20-11-8-12-21(17-20)29-16-15-19-9-4-3-5-10-19/h3-14,17-18H,15-16H2,1-2H3,(H2,26,27,28,31). The van der Waals surface area contributed by atoms with Crippen LogP contribution in [-0.2, 0) is 6.42 Å². The van der Waals surface area contributed by atoms with Gasteiger partial charge >= 0.3 is 0 Å². The lowest BCUT2D eigenvalue weighted by molar-refractivity contribution is 0.0972. The van der Waals surface area contributed by atoms with Crippen LogP contribution in [0, 0.1) is 0 Å². The first kappa shape index (κ1) is 22.3. The number of benzene rings is 3. The fourth-order valence-corrected chi connectivity index (χ4v) is 3.15. The fraction of sp³-hybridized carbons (Fsp3) is 0.200. The lowest BCUT2D eigenvalue weighted by Crippen LogP contribution is -2.34.